The van der Waals surface area contributed by atoms with Crippen LogP contribution >= 0.6 is 0 Å². The van der Waals surface area contributed by atoms with Crippen molar-refractivity contribution in [2.24, 2.45) is 5.73 Å². The molecule has 3 aliphatic heterocycles. The average Bonchev–Trinajstić information content (AvgIpc) is 3.35. The molecule has 2 saturated heterocycles. The maximum atomic E-state index is 15.6. The number of benzene rings is 2. The second-order valence-corrected chi connectivity index (χ2v) is 9.78. The Morgan fingerprint density at radius 3 is 2.79 bits per heavy atom. The summed E-state index contributed by atoms with van der Waals surface area (Å²) >= 11 is 0. The number of morpholine rings is 1. The van der Waals surface area contributed by atoms with Crippen LogP contribution in [0.3, 0.4) is 0 Å². The van der Waals surface area contributed by atoms with Gasteiger partial charge in [-0.05, 0) is 30.7 Å². The average molecular weight is 519 g/mol. The summed E-state index contributed by atoms with van der Waals surface area (Å²) in [6.45, 7) is 4.83. The van der Waals surface area contributed by atoms with E-state index in [1.54, 1.807) is 22.8 Å². The van der Waals surface area contributed by atoms with Crippen molar-refractivity contribution >= 4 is 22.5 Å². The zero-order chi connectivity index (χ0) is 26.4. The molecule has 0 saturated carbocycles. The minimum Gasteiger partial charge on any atom is -0.451 e. The summed E-state index contributed by atoms with van der Waals surface area (Å²) < 4.78 is 28.8. The number of carbonyl (C=O) groups is 1. The maximum Gasteiger partial charge on any atom is 0.256 e. The molecule has 3 N–H and O–H groups in total. The molecule has 1 aromatic heterocycles. The number of hydrogen-bond acceptors (Lipinski definition) is 8. The lowest BCUT2D eigenvalue weighted by Crippen LogP contribution is -2.42. The van der Waals surface area contributed by atoms with Crippen molar-refractivity contribution < 1.29 is 18.7 Å². The van der Waals surface area contributed by atoms with Gasteiger partial charge in [0.2, 0.25) is 5.43 Å². The lowest BCUT2D eigenvalue weighted by molar-refractivity contribution is 0.0383. The van der Waals surface area contributed by atoms with Crippen LogP contribution in [0.1, 0.15) is 22.3 Å². The SMILES string of the molecule is N#Cc1ccc2c(c1)-n1cc(C(=O)NCCN3CCOCC3)c(=O)c3cc(F)c(N4CCC(N)C4)c(c31)O2. The highest BCUT2D eigenvalue weighted by Crippen LogP contribution is 2.47. The number of nitrogens with zero attached hydrogens (tertiary/aromatic N) is 4. The van der Waals surface area contributed by atoms with Crippen LogP contribution in [0.2, 0.25) is 0 Å². The first-order valence-electron chi connectivity index (χ1n) is 12.7. The van der Waals surface area contributed by atoms with Gasteiger partial charge >= 0.3 is 0 Å². The van der Waals surface area contributed by atoms with Crippen LogP contribution in [0.4, 0.5) is 10.1 Å². The zero-order valence-corrected chi connectivity index (χ0v) is 20.7. The highest BCUT2D eigenvalue weighted by molar-refractivity contribution is 6.01. The van der Waals surface area contributed by atoms with Gasteiger partial charge in [-0.15, -0.1) is 0 Å². The number of aromatic nitrogens is 1. The van der Waals surface area contributed by atoms with Crippen molar-refractivity contribution in [3.8, 4) is 23.3 Å². The number of anilines is 1. The summed E-state index contributed by atoms with van der Waals surface area (Å²) in [6.07, 6.45) is 2.16. The number of nitriles is 1. The number of ether oxygens (including phenoxy) is 2. The normalized spacial score (nSPS) is 18.7. The molecule has 196 valence electrons. The molecule has 0 spiro atoms. The predicted molar refractivity (Wildman–Crippen MR) is 139 cm³/mol. The number of amides is 1. The Balaban J connectivity index is 1.46. The number of fused-ring (bicyclic) bond motifs is 2. The molecule has 3 aromatic rings. The Kier molecular flexibility index (Phi) is 6.23. The summed E-state index contributed by atoms with van der Waals surface area (Å²) in [5.74, 6) is -0.583. The Hall–Kier alpha value is -3.98. The minimum atomic E-state index is -0.618. The number of nitrogens with two attached hydrogens (primary N) is 1. The smallest absolute Gasteiger partial charge is 0.256 e. The molecular weight excluding hydrogens is 491 g/mol. The lowest BCUT2D eigenvalue weighted by atomic mass is 10.0. The molecule has 10 nitrogen and oxygen atoms in total. The molecular formula is C27H27FN6O4. The van der Waals surface area contributed by atoms with Gasteiger partial charge in [0.1, 0.15) is 16.8 Å². The van der Waals surface area contributed by atoms with Crippen LogP contribution in [-0.2, 0) is 4.74 Å². The number of halogens is 1. The maximum absolute atomic E-state index is 15.6. The van der Waals surface area contributed by atoms with E-state index in [9.17, 15) is 14.9 Å². The van der Waals surface area contributed by atoms with E-state index >= 15 is 4.39 Å². The van der Waals surface area contributed by atoms with Crippen molar-refractivity contribution in [2.45, 2.75) is 12.5 Å². The molecule has 11 heteroatoms. The second-order valence-electron chi connectivity index (χ2n) is 9.78. The monoisotopic (exact) mass is 518 g/mol. The van der Waals surface area contributed by atoms with Crippen molar-refractivity contribution in [2.75, 3.05) is 57.4 Å². The van der Waals surface area contributed by atoms with Gasteiger partial charge in [0.05, 0.1) is 35.9 Å². The van der Waals surface area contributed by atoms with Gasteiger partial charge in [0.25, 0.3) is 5.91 Å². The fourth-order valence-corrected chi connectivity index (χ4v) is 5.37. The Morgan fingerprint density at radius 2 is 2.05 bits per heavy atom. The van der Waals surface area contributed by atoms with Crippen LogP contribution < -0.4 is 26.1 Å². The number of rotatable bonds is 5. The largest absolute Gasteiger partial charge is 0.451 e. The second kappa shape index (κ2) is 9.72. The van der Waals surface area contributed by atoms with E-state index in [-0.39, 0.29) is 28.4 Å². The van der Waals surface area contributed by atoms with Crippen molar-refractivity contribution in [3.05, 3.63) is 57.6 Å². The molecule has 1 atom stereocenters. The fourth-order valence-electron chi connectivity index (χ4n) is 5.37. The Bertz CT molecular complexity index is 1540. The number of pyridine rings is 1. The topological polar surface area (TPSA) is 126 Å². The summed E-state index contributed by atoms with van der Waals surface area (Å²) in [5, 5.41) is 12.3. The summed E-state index contributed by atoms with van der Waals surface area (Å²) in [4.78, 5) is 30.7. The first-order chi connectivity index (χ1) is 18.4. The molecule has 4 heterocycles. The third-order valence-electron chi connectivity index (χ3n) is 7.33. The number of nitrogens with one attached hydrogen (secondary N) is 1. The van der Waals surface area contributed by atoms with E-state index in [1.807, 2.05) is 4.90 Å². The van der Waals surface area contributed by atoms with E-state index in [0.29, 0.717) is 68.3 Å². The van der Waals surface area contributed by atoms with Crippen LogP contribution in [-0.4, -0.2) is 73.9 Å². The van der Waals surface area contributed by atoms with Gasteiger partial charge in [-0.2, -0.15) is 5.26 Å². The van der Waals surface area contributed by atoms with E-state index in [0.717, 1.165) is 13.1 Å². The molecule has 38 heavy (non-hydrogen) atoms. The van der Waals surface area contributed by atoms with Crippen LogP contribution in [0, 0.1) is 17.1 Å². The van der Waals surface area contributed by atoms with Gasteiger partial charge < -0.3 is 30.0 Å². The molecule has 3 aliphatic rings. The Morgan fingerprint density at radius 1 is 1.24 bits per heavy atom. The number of hydrogen-bond donors (Lipinski definition) is 2. The number of carbonyl (C=O) groups excluding carboxylic acids is 1. The third-order valence-corrected chi connectivity index (χ3v) is 7.33. The lowest BCUT2D eigenvalue weighted by Gasteiger charge is -2.29. The van der Waals surface area contributed by atoms with Crippen LogP contribution in [0.15, 0.2) is 35.3 Å². The highest BCUT2D eigenvalue weighted by atomic mass is 19.1. The molecule has 1 unspecified atom stereocenters. The molecule has 0 radical (unpaired) electrons. The van der Waals surface area contributed by atoms with Crippen molar-refractivity contribution in [1.29, 1.82) is 5.26 Å². The Labute approximate surface area is 217 Å². The van der Waals surface area contributed by atoms with E-state index in [4.69, 9.17) is 15.2 Å². The van der Waals surface area contributed by atoms with Gasteiger partial charge in [0, 0.05) is 51.5 Å². The standard InChI is InChI=1S/C27H27FN6O4/c28-20-12-18-23-26(24(20)33-5-3-17(30)14-33)38-22-2-1-16(13-29)11-21(22)34(23)15-19(25(18)35)27(36)31-4-6-32-7-9-37-10-8-32/h1-2,11-12,15,17H,3-10,14,30H2,(H,31,36). The van der Waals surface area contributed by atoms with E-state index in [2.05, 4.69) is 16.3 Å². The summed E-state index contributed by atoms with van der Waals surface area (Å²) in [5.41, 5.74) is 6.83. The summed E-state index contributed by atoms with van der Waals surface area (Å²) in [7, 11) is 0. The quantitative estimate of drug-likeness (QED) is 0.409. The molecule has 6 rings (SSSR count). The van der Waals surface area contributed by atoms with Gasteiger partial charge in [-0.3, -0.25) is 14.5 Å². The molecule has 1 amide bonds. The van der Waals surface area contributed by atoms with Crippen molar-refractivity contribution in [3.63, 3.8) is 0 Å². The zero-order valence-electron chi connectivity index (χ0n) is 20.7. The van der Waals surface area contributed by atoms with E-state index < -0.39 is 17.2 Å². The third kappa shape index (κ3) is 4.16. The van der Waals surface area contributed by atoms with Crippen molar-refractivity contribution in [1.82, 2.24) is 14.8 Å². The predicted octanol–water partition coefficient (Wildman–Crippen LogP) is 1.71. The van der Waals surface area contributed by atoms with Crippen LogP contribution in [0.25, 0.3) is 16.6 Å². The minimum absolute atomic E-state index is 0.0265. The molecule has 2 fully saturated rings. The van der Waals surface area contributed by atoms with Gasteiger partial charge in [0.15, 0.2) is 17.3 Å². The summed E-state index contributed by atoms with van der Waals surface area (Å²) in [6, 6.07) is 8.04. The van der Waals surface area contributed by atoms with Gasteiger partial charge in [-0.1, -0.05) is 0 Å². The van der Waals surface area contributed by atoms with E-state index in [1.165, 1.54) is 12.3 Å². The first kappa shape index (κ1) is 24.4. The molecule has 2 aromatic carbocycles. The first-order valence-corrected chi connectivity index (χ1v) is 12.7. The fraction of sp³-hybridized carbons (Fsp3) is 0.370. The highest BCUT2D eigenvalue weighted by Gasteiger charge is 2.32. The molecule has 0 aliphatic carbocycles. The molecule has 0 bridgehead atoms. The van der Waals surface area contributed by atoms with Gasteiger partial charge in [-0.25, -0.2) is 4.39 Å². The van der Waals surface area contributed by atoms with Crippen LogP contribution in [0.5, 0.6) is 11.5 Å².